The Morgan fingerprint density at radius 1 is 1.25 bits per heavy atom. The van der Waals surface area contributed by atoms with Gasteiger partial charge in [0, 0.05) is 17.5 Å². The highest BCUT2D eigenvalue weighted by molar-refractivity contribution is 6.17. The molecule has 0 aliphatic heterocycles. The fraction of sp³-hybridized carbons (Fsp3) is 0.375. The molecule has 0 spiro atoms. The molecule has 0 bridgehead atoms. The van der Waals surface area contributed by atoms with Gasteiger partial charge in [-0.15, -0.1) is 11.6 Å². The van der Waals surface area contributed by atoms with Gasteiger partial charge in [0.15, 0.2) is 0 Å². The first kappa shape index (κ1) is 14.8. The van der Waals surface area contributed by atoms with Crippen molar-refractivity contribution in [2.45, 2.75) is 39.5 Å². The van der Waals surface area contributed by atoms with Crippen LogP contribution in [0.2, 0.25) is 0 Å². The minimum absolute atomic E-state index is 0.361. The lowest BCUT2D eigenvalue weighted by Crippen LogP contribution is -1.99. The Hall–Kier alpha value is -1.61. The molecule has 0 N–H and O–H groups in total. The molecule has 2 rings (SSSR count). The van der Waals surface area contributed by atoms with E-state index in [0.29, 0.717) is 17.8 Å². The summed E-state index contributed by atoms with van der Waals surface area (Å²) in [7, 11) is 0. The van der Waals surface area contributed by atoms with Crippen molar-refractivity contribution in [1.82, 2.24) is 9.97 Å². The van der Waals surface area contributed by atoms with E-state index in [2.05, 4.69) is 35.9 Å². The molecule has 0 aliphatic carbocycles. The van der Waals surface area contributed by atoms with Crippen LogP contribution in [0, 0.1) is 13.8 Å². The van der Waals surface area contributed by atoms with E-state index < -0.39 is 0 Å². The molecule has 0 fully saturated rings. The Bertz CT molecular complexity index is 611. The minimum Gasteiger partial charge on any atom is -0.424 e. The molecule has 0 amide bonds. The van der Waals surface area contributed by atoms with Gasteiger partial charge in [-0.3, -0.25) is 0 Å². The molecule has 3 nitrogen and oxygen atoms in total. The zero-order valence-corrected chi connectivity index (χ0v) is 13.0. The maximum Gasteiger partial charge on any atom is 0.322 e. The van der Waals surface area contributed by atoms with Gasteiger partial charge in [-0.25, -0.2) is 4.98 Å². The third-order valence-corrected chi connectivity index (χ3v) is 3.57. The van der Waals surface area contributed by atoms with Crippen LogP contribution in [0.5, 0.6) is 11.8 Å². The first-order valence-corrected chi connectivity index (χ1v) is 7.21. The average Bonchev–Trinajstić information content (AvgIpc) is 2.41. The Morgan fingerprint density at radius 3 is 2.60 bits per heavy atom. The van der Waals surface area contributed by atoms with Gasteiger partial charge < -0.3 is 4.74 Å². The van der Waals surface area contributed by atoms with Crippen molar-refractivity contribution in [1.29, 1.82) is 0 Å². The van der Waals surface area contributed by atoms with Crippen molar-refractivity contribution in [3.8, 4) is 11.8 Å². The van der Waals surface area contributed by atoms with Crippen molar-refractivity contribution in [3.63, 3.8) is 0 Å². The lowest BCUT2D eigenvalue weighted by atomic mass is 10.0. The summed E-state index contributed by atoms with van der Waals surface area (Å²) in [4.78, 5) is 8.54. The third kappa shape index (κ3) is 3.28. The standard InChI is InChI=1S/C16H19ClN2O/c1-10(2)13-6-5-11(3)15(7-13)20-16-18-9-14(8-17)12(4)19-16/h5-7,9-10H,8H2,1-4H3. The maximum absolute atomic E-state index is 5.81. The number of benzene rings is 1. The smallest absolute Gasteiger partial charge is 0.322 e. The molecule has 2 aromatic rings. The molecular weight excluding hydrogens is 272 g/mol. The molecule has 0 radical (unpaired) electrons. The Balaban J connectivity index is 2.29. The van der Waals surface area contributed by atoms with Gasteiger partial charge in [0.2, 0.25) is 0 Å². The monoisotopic (exact) mass is 290 g/mol. The summed E-state index contributed by atoms with van der Waals surface area (Å²) in [5.74, 6) is 1.67. The molecule has 106 valence electrons. The molecule has 0 aliphatic rings. The highest BCUT2D eigenvalue weighted by Gasteiger charge is 2.09. The number of ether oxygens (including phenoxy) is 1. The van der Waals surface area contributed by atoms with Crippen LogP contribution in [0.1, 0.15) is 42.1 Å². The predicted molar refractivity (Wildman–Crippen MR) is 81.7 cm³/mol. The maximum atomic E-state index is 5.81. The summed E-state index contributed by atoms with van der Waals surface area (Å²) in [6, 6.07) is 6.59. The SMILES string of the molecule is Cc1ccc(C(C)C)cc1Oc1ncc(CCl)c(C)n1. The van der Waals surface area contributed by atoms with Crippen molar-refractivity contribution >= 4 is 11.6 Å². The van der Waals surface area contributed by atoms with Crippen LogP contribution >= 0.6 is 11.6 Å². The van der Waals surface area contributed by atoms with Crippen LogP contribution in [0.15, 0.2) is 24.4 Å². The zero-order valence-electron chi connectivity index (χ0n) is 12.3. The average molecular weight is 291 g/mol. The first-order valence-electron chi connectivity index (χ1n) is 6.68. The van der Waals surface area contributed by atoms with Crippen LogP contribution in [-0.4, -0.2) is 9.97 Å². The van der Waals surface area contributed by atoms with E-state index in [1.807, 2.05) is 19.9 Å². The van der Waals surface area contributed by atoms with Crippen LogP contribution in [0.25, 0.3) is 0 Å². The van der Waals surface area contributed by atoms with E-state index in [0.717, 1.165) is 22.6 Å². The highest BCUT2D eigenvalue weighted by Crippen LogP contribution is 2.27. The second-order valence-corrected chi connectivity index (χ2v) is 5.45. The van der Waals surface area contributed by atoms with Gasteiger partial charge in [-0.1, -0.05) is 26.0 Å². The number of hydrogen-bond acceptors (Lipinski definition) is 3. The van der Waals surface area contributed by atoms with Gasteiger partial charge in [-0.2, -0.15) is 4.98 Å². The molecule has 20 heavy (non-hydrogen) atoms. The highest BCUT2D eigenvalue weighted by atomic mass is 35.5. The summed E-state index contributed by atoms with van der Waals surface area (Å²) >= 11 is 5.80. The Kier molecular flexibility index (Phi) is 4.61. The van der Waals surface area contributed by atoms with E-state index >= 15 is 0 Å². The predicted octanol–water partition coefficient (Wildman–Crippen LogP) is 4.75. The van der Waals surface area contributed by atoms with Crippen molar-refractivity contribution in [2.75, 3.05) is 0 Å². The molecule has 1 aromatic heterocycles. The zero-order chi connectivity index (χ0) is 14.7. The topological polar surface area (TPSA) is 35.0 Å². The van der Waals surface area contributed by atoms with Crippen LogP contribution in [-0.2, 0) is 5.88 Å². The molecule has 1 heterocycles. The Morgan fingerprint density at radius 2 is 2.00 bits per heavy atom. The van der Waals surface area contributed by atoms with E-state index in [1.165, 1.54) is 5.56 Å². The summed E-state index contributed by atoms with van der Waals surface area (Å²) < 4.78 is 5.81. The summed E-state index contributed by atoms with van der Waals surface area (Å²) in [5.41, 5.74) is 4.08. The van der Waals surface area contributed by atoms with Gasteiger partial charge in [-0.05, 0) is 37.0 Å². The molecule has 0 saturated heterocycles. The minimum atomic E-state index is 0.361. The van der Waals surface area contributed by atoms with E-state index in [9.17, 15) is 0 Å². The fourth-order valence-electron chi connectivity index (χ4n) is 1.84. The number of alkyl halides is 1. The number of hydrogen-bond donors (Lipinski definition) is 0. The quantitative estimate of drug-likeness (QED) is 0.762. The van der Waals surface area contributed by atoms with Crippen molar-refractivity contribution < 1.29 is 4.74 Å². The summed E-state index contributed by atoms with van der Waals surface area (Å²) in [6.45, 7) is 8.23. The first-order chi connectivity index (χ1) is 9.51. The number of halogens is 1. The number of aryl methyl sites for hydroxylation is 2. The summed E-state index contributed by atoms with van der Waals surface area (Å²) in [5, 5.41) is 0. The molecule has 0 saturated carbocycles. The summed E-state index contributed by atoms with van der Waals surface area (Å²) in [6.07, 6.45) is 1.71. The second kappa shape index (κ2) is 6.23. The van der Waals surface area contributed by atoms with E-state index in [1.54, 1.807) is 6.20 Å². The lowest BCUT2D eigenvalue weighted by Gasteiger charge is -2.12. The van der Waals surface area contributed by atoms with Gasteiger partial charge in [0.1, 0.15) is 5.75 Å². The number of nitrogens with zero attached hydrogens (tertiary/aromatic N) is 2. The molecule has 1 aromatic carbocycles. The van der Waals surface area contributed by atoms with E-state index in [4.69, 9.17) is 16.3 Å². The van der Waals surface area contributed by atoms with Crippen molar-refractivity contribution in [3.05, 3.63) is 46.8 Å². The largest absolute Gasteiger partial charge is 0.424 e. The third-order valence-electron chi connectivity index (χ3n) is 3.28. The molecule has 0 atom stereocenters. The number of aromatic nitrogens is 2. The second-order valence-electron chi connectivity index (χ2n) is 5.18. The molecule has 0 unspecified atom stereocenters. The van der Waals surface area contributed by atoms with Crippen LogP contribution in [0.4, 0.5) is 0 Å². The van der Waals surface area contributed by atoms with Crippen molar-refractivity contribution in [2.24, 2.45) is 0 Å². The lowest BCUT2D eigenvalue weighted by molar-refractivity contribution is 0.436. The Labute approximate surface area is 125 Å². The van der Waals surface area contributed by atoms with Crippen LogP contribution < -0.4 is 4.74 Å². The normalized spacial score (nSPS) is 10.9. The number of rotatable bonds is 4. The van der Waals surface area contributed by atoms with Gasteiger partial charge >= 0.3 is 6.01 Å². The van der Waals surface area contributed by atoms with Gasteiger partial charge in [0.05, 0.1) is 5.88 Å². The van der Waals surface area contributed by atoms with E-state index in [-0.39, 0.29) is 0 Å². The van der Waals surface area contributed by atoms with Gasteiger partial charge in [0.25, 0.3) is 0 Å². The molecule has 4 heteroatoms. The molecular formula is C16H19ClN2O. The fourth-order valence-corrected chi connectivity index (χ4v) is 2.10. The van der Waals surface area contributed by atoms with Crippen LogP contribution in [0.3, 0.4) is 0 Å².